The molecule has 32 heavy (non-hydrogen) atoms. The molecule has 7 nitrogen and oxygen atoms in total. The van der Waals surface area contributed by atoms with E-state index in [1.54, 1.807) is 11.0 Å². The molecule has 1 atom stereocenters. The minimum Gasteiger partial charge on any atom is -0.493 e. The van der Waals surface area contributed by atoms with Crippen molar-refractivity contribution in [1.82, 2.24) is 9.80 Å². The van der Waals surface area contributed by atoms with Gasteiger partial charge in [-0.15, -0.1) is 0 Å². The van der Waals surface area contributed by atoms with Gasteiger partial charge < -0.3 is 25.4 Å². The van der Waals surface area contributed by atoms with E-state index in [0.29, 0.717) is 41.6 Å². The number of hydrogen-bond acceptors (Lipinski definition) is 4. The standard InChI is InChI=1S/C24H22ClN3O4/c25-21-11-20-22(12-19(21)17-3-1-2-14-4-5-15(26)10-18(14)17)32-9-6-16-13-27(24(30)31)7-8-28(16)23(20)29/h1-5,10-12,16H,6-9,13,26H2,(H,30,31)/t16-/m0/s1. The van der Waals surface area contributed by atoms with Gasteiger partial charge in [-0.25, -0.2) is 4.79 Å². The first-order valence-corrected chi connectivity index (χ1v) is 10.8. The molecule has 3 aromatic rings. The second-order valence-corrected chi connectivity index (χ2v) is 8.54. The van der Waals surface area contributed by atoms with Crippen molar-refractivity contribution in [3.63, 3.8) is 0 Å². The van der Waals surface area contributed by atoms with Crippen molar-refractivity contribution in [2.45, 2.75) is 12.5 Å². The molecule has 0 aromatic heterocycles. The number of carbonyl (C=O) groups is 2. The number of ether oxygens (including phenoxy) is 1. The second kappa shape index (κ2) is 7.91. The predicted molar refractivity (Wildman–Crippen MR) is 123 cm³/mol. The van der Waals surface area contributed by atoms with Gasteiger partial charge in [-0.3, -0.25) is 4.79 Å². The number of carboxylic acid groups (broad SMARTS) is 1. The topological polar surface area (TPSA) is 96.1 Å². The monoisotopic (exact) mass is 451 g/mol. The summed E-state index contributed by atoms with van der Waals surface area (Å²) in [5, 5.41) is 11.8. The Morgan fingerprint density at radius 2 is 1.94 bits per heavy atom. The van der Waals surface area contributed by atoms with Crippen molar-refractivity contribution in [3.05, 3.63) is 59.1 Å². The Hall–Kier alpha value is -3.45. The van der Waals surface area contributed by atoms with Crippen LogP contribution < -0.4 is 10.5 Å². The Balaban J connectivity index is 1.56. The van der Waals surface area contributed by atoms with Crippen molar-refractivity contribution in [3.8, 4) is 16.9 Å². The number of fused-ring (bicyclic) bond motifs is 3. The highest BCUT2D eigenvalue weighted by atomic mass is 35.5. The number of nitrogens with zero attached hydrogens (tertiary/aromatic N) is 2. The summed E-state index contributed by atoms with van der Waals surface area (Å²) in [6.07, 6.45) is -0.415. The van der Waals surface area contributed by atoms with Crippen molar-refractivity contribution in [1.29, 1.82) is 0 Å². The Bertz CT molecular complexity index is 1250. The van der Waals surface area contributed by atoms with Crippen LogP contribution in [-0.2, 0) is 0 Å². The summed E-state index contributed by atoms with van der Waals surface area (Å²) in [6.45, 7) is 1.29. The fourth-order valence-electron chi connectivity index (χ4n) is 4.57. The molecule has 3 N–H and O–H groups in total. The van der Waals surface area contributed by atoms with E-state index in [1.807, 2.05) is 42.5 Å². The minimum absolute atomic E-state index is 0.189. The van der Waals surface area contributed by atoms with Crippen molar-refractivity contribution >= 4 is 40.1 Å². The third kappa shape index (κ3) is 3.48. The molecule has 0 aliphatic carbocycles. The van der Waals surface area contributed by atoms with Gasteiger partial charge in [0.15, 0.2) is 0 Å². The maximum atomic E-state index is 13.4. The molecule has 164 valence electrons. The number of amides is 2. The molecule has 2 heterocycles. The second-order valence-electron chi connectivity index (χ2n) is 8.13. The number of piperazine rings is 1. The van der Waals surface area contributed by atoms with Gasteiger partial charge in [0.2, 0.25) is 0 Å². The van der Waals surface area contributed by atoms with Crippen LogP contribution in [0.15, 0.2) is 48.5 Å². The summed E-state index contributed by atoms with van der Waals surface area (Å²) >= 11 is 6.69. The van der Waals surface area contributed by atoms with E-state index in [0.717, 1.165) is 21.9 Å². The number of hydrogen-bond donors (Lipinski definition) is 2. The van der Waals surface area contributed by atoms with Crippen LogP contribution in [0.2, 0.25) is 5.02 Å². The highest BCUT2D eigenvalue weighted by molar-refractivity contribution is 6.34. The lowest BCUT2D eigenvalue weighted by Gasteiger charge is -2.41. The van der Waals surface area contributed by atoms with Gasteiger partial charge in [-0.1, -0.05) is 35.9 Å². The molecule has 8 heteroatoms. The zero-order valence-electron chi connectivity index (χ0n) is 17.3. The number of rotatable bonds is 1. The summed E-state index contributed by atoms with van der Waals surface area (Å²) in [6, 6.07) is 14.9. The van der Waals surface area contributed by atoms with Gasteiger partial charge >= 0.3 is 6.09 Å². The molecule has 0 radical (unpaired) electrons. The van der Waals surface area contributed by atoms with E-state index in [2.05, 4.69) is 0 Å². The van der Waals surface area contributed by atoms with Crippen molar-refractivity contribution in [2.75, 3.05) is 32.0 Å². The molecule has 0 unspecified atom stereocenters. The first-order chi connectivity index (χ1) is 15.4. The number of carbonyl (C=O) groups excluding carboxylic acids is 1. The van der Waals surface area contributed by atoms with Crippen molar-refractivity contribution < 1.29 is 19.4 Å². The molecular weight excluding hydrogens is 430 g/mol. The molecule has 1 saturated heterocycles. The Labute approximate surface area is 189 Å². The molecule has 2 aliphatic rings. The largest absolute Gasteiger partial charge is 0.493 e. The lowest BCUT2D eigenvalue weighted by atomic mass is 9.95. The zero-order valence-corrected chi connectivity index (χ0v) is 18.0. The molecule has 0 bridgehead atoms. The molecule has 2 amide bonds. The number of nitrogen functional groups attached to an aromatic ring is 1. The zero-order chi connectivity index (χ0) is 22.4. The molecule has 2 aliphatic heterocycles. The first-order valence-electron chi connectivity index (χ1n) is 10.5. The van der Waals surface area contributed by atoms with E-state index in [4.69, 9.17) is 22.1 Å². The highest BCUT2D eigenvalue weighted by Crippen LogP contribution is 2.39. The third-order valence-corrected chi connectivity index (χ3v) is 6.53. The van der Waals surface area contributed by atoms with Crippen LogP contribution in [0.3, 0.4) is 0 Å². The SMILES string of the molecule is Nc1ccc2cccc(-c3cc4c(cc3Cl)C(=O)N3CCN(C(=O)O)C[C@@H]3CCO4)c2c1. The van der Waals surface area contributed by atoms with Gasteiger partial charge in [-0.2, -0.15) is 0 Å². The maximum absolute atomic E-state index is 13.4. The van der Waals surface area contributed by atoms with E-state index in [1.165, 1.54) is 4.90 Å². The Morgan fingerprint density at radius 3 is 2.75 bits per heavy atom. The average Bonchev–Trinajstić information content (AvgIpc) is 2.78. The van der Waals surface area contributed by atoms with Crippen LogP contribution in [0.4, 0.5) is 10.5 Å². The van der Waals surface area contributed by atoms with Gasteiger partial charge in [-0.05, 0) is 40.6 Å². The van der Waals surface area contributed by atoms with Crippen LogP contribution in [-0.4, -0.2) is 59.2 Å². The first kappa shape index (κ1) is 20.5. The number of anilines is 1. The number of nitrogens with two attached hydrogens (primary N) is 1. The van der Waals surface area contributed by atoms with E-state index >= 15 is 0 Å². The minimum atomic E-state index is -0.969. The van der Waals surface area contributed by atoms with Crippen LogP contribution in [0.5, 0.6) is 5.75 Å². The van der Waals surface area contributed by atoms with Gasteiger partial charge in [0.05, 0.1) is 18.2 Å². The molecular formula is C24H22ClN3O4. The van der Waals surface area contributed by atoms with E-state index < -0.39 is 6.09 Å². The summed E-state index contributed by atoms with van der Waals surface area (Å²) < 4.78 is 6.00. The van der Waals surface area contributed by atoms with Crippen LogP contribution in [0, 0.1) is 0 Å². The third-order valence-electron chi connectivity index (χ3n) is 6.22. The normalized spacial score (nSPS) is 18.4. The van der Waals surface area contributed by atoms with Gasteiger partial charge in [0.1, 0.15) is 5.75 Å². The Morgan fingerprint density at radius 1 is 1.09 bits per heavy atom. The number of halogens is 1. The van der Waals surface area contributed by atoms with E-state index in [-0.39, 0.29) is 25.0 Å². The van der Waals surface area contributed by atoms with Crippen LogP contribution in [0.25, 0.3) is 21.9 Å². The van der Waals surface area contributed by atoms with E-state index in [9.17, 15) is 14.7 Å². The lowest BCUT2D eigenvalue weighted by Crippen LogP contribution is -2.57. The van der Waals surface area contributed by atoms with Crippen molar-refractivity contribution in [2.24, 2.45) is 0 Å². The lowest BCUT2D eigenvalue weighted by molar-refractivity contribution is 0.0374. The summed E-state index contributed by atoms with van der Waals surface area (Å²) in [5.41, 5.74) is 8.75. The molecule has 3 aromatic carbocycles. The van der Waals surface area contributed by atoms with Gasteiger partial charge in [0.25, 0.3) is 5.91 Å². The highest BCUT2D eigenvalue weighted by Gasteiger charge is 2.35. The molecule has 0 spiro atoms. The number of benzene rings is 3. The molecule has 1 fully saturated rings. The fraction of sp³-hybridized carbons (Fsp3) is 0.250. The van der Waals surface area contributed by atoms with Gasteiger partial charge in [0, 0.05) is 42.3 Å². The summed E-state index contributed by atoms with van der Waals surface area (Å²) in [7, 11) is 0. The average molecular weight is 452 g/mol. The summed E-state index contributed by atoms with van der Waals surface area (Å²) in [4.78, 5) is 27.8. The summed E-state index contributed by atoms with van der Waals surface area (Å²) in [5.74, 6) is 0.291. The molecule has 5 rings (SSSR count). The maximum Gasteiger partial charge on any atom is 0.407 e. The smallest absolute Gasteiger partial charge is 0.407 e. The van der Waals surface area contributed by atoms with Crippen LogP contribution in [0.1, 0.15) is 16.8 Å². The Kier molecular flexibility index (Phi) is 5.06. The predicted octanol–water partition coefficient (Wildman–Crippen LogP) is 4.33. The quantitative estimate of drug-likeness (QED) is 0.537. The fourth-order valence-corrected chi connectivity index (χ4v) is 4.84. The van der Waals surface area contributed by atoms with Crippen LogP contribution >= 0.6 is 11.6 Å². The molecule has 0 saturated carbocycles.